The number of carbonyl (C=O) groups excluding carboxylic acids is 2. The van der Waals surface area contributed by atoms with E-state index in [0.29, 0.717) is 32.0 Å². The number of likely N-dealkylation sites (tertiary alicyclic amines) is 1. The van der Waals surface area contributed by atoms with Crippen molar-refractivity contribution in [2.75, 3.05) is 26.2 Å². The van der Waals surface area contributed by atoms with Crippen molar-refractivity contribution >= 4 is 18.1 Å². The van der Waals surface area contributed by atoms with Crippen LogP contribution in [0.15, 0.2) is 28.9 Å². The summed E-state index contributed by atoms with van der Waals surface area (Å²) in [5.41, 5.74) is 0. The minimum atomic E-state index is -0.225. The van der Waals surface area contributed by atoms with Crippen molar-refractivity contribution in [1.82, 2.24) is 9.80 Å². The molecule has 1 aromatic heterocycles. The molecule has 3 heterocycles. The number of carbonyl (C=O) groups is 2. The Morgan fingerprint density at radius 1 is 1.29 bits per heavy atom. The first kappa shape index (κ1) is 13.7. The molecule has 1 aromatic rings. The summed E-state index contributed by atoms with van der Waals surface area (Å²) in [7, 11) is 0. The molecule has 0 saturated carbocycles. The zero-order valence-corrected chi connectivity index (χ0v) is 11.7. The van der Waals surface area contributed by atoms with Gasteiger partial charge in [0.1, 0.15) is 12.4 Å². The Labute approximate surface area is 122 Å². The van der Waals surface area contributed by atoms with E-state index >= 15 is 0 Å². The minimum absolute atomic E-state index is 0.0196. The second-order valence-electron chi connectivity index (χ2n) is 5.21. The van der Waals surface area contributed by atoms with Crippen molar-refractivity contribution in [3.63, 3.8) is 0 Å². The maximum absolute atomic E-state index is 12.1. The lowest BCUT2D eigenvalue weighted by Gasteiger charge is -2.35. The summed E-state index contributed by atoms with van der Waals surface area (Å²) in [5, 5.41) is 0. The maximum atomic E-state index is 12.1. The van der Waals surface area contributed by atoms with Crippen LogP contribution in [0.5, 0.6) is 0 Å². The predicted octanol–water partition coefficient (Wildman–Crippen LogP) is 1.74. The van der Waals surface area contributed by atoms with Crippen molar-refractivity contribution in [3.8, 4) is 0 Å². The quantitative estimate of drug-likeness (QED) is 0.795. The average molecular weight is 290 g/mol. The summed E-state index contributed by atoms with van der Waals surface area (Å²) in [5.74, 6) is 0.645. The van der Waals surface area contributed by atoms with E-state index in [9.17, 15) is 9.59 Å². The van der Waals surface area contributed by atoms with Crippen LogP contribution < -0.4 is 0 Å². The molecule has 2 amide bonds. The van der Waals surface area contributed by atoms with Crippen LogP contribution in [-0.2, 0) is 9.53 Å². The third-order valence-electron chi connectivity index (χ3n) is 3.94. The molecule has 0 N–H and O–H groups in total. The van der Waals surface area contributed by atoms with Crippen molar-refractivity contribution in [1.29, 1.82) is 0 Å². The molecule has 0 bridgehead atoms. The Morgan fingerprint density at radius 3 is 2.71 bits per heavy atom. The van der Waals surface area contributed by atoms with Crippen LogP contribution in [0.2, 0.25) is 0 Å². The molecular formula is C15H18N2O4. The Bertz CT molecular complexity index is 530. The molecule has 112 valence electrons. The number of hydrogen-bond donors (Lipinski definition) is 0. The van der Waals surface area contributed by atoms with E-state index in [1.807, 2.05) is 0 Å². The summed E-state index contributed by atoms with van der Waals surface area (Å²) >= 11 is 0. The van der Waals surface area contributed by atoms with Crippen molar-refractivity contribution in [2.45, 2.75) is 18.9 Å². The van der Waals surface area contributed by atoms with E-state index in [4.69, 9.17) is 9.15 Å². The lowest BCUT2D eigenvalue weighted by Crippen LogP contribution is -2.46. The predicted molar refractivity (Wildman–Crippen MR) is 75.4 cm³/mol. The zero-order chi connectivity index (χ0) is 14.7. The molecule has 0 aliphatic carbocycles. The molecule has 2 aliphatic heterocycles. The molecule has 0 aromatic carbocycles. The SMILES string of the molecule is O=C(/C=C/c1ccco1)N1CCC(N2CCOC2=O)CC1. The van der Waals surface area contributed by atoms with Gasteiger partial charge in [-0.25, -0.2) is 4.79 Å². The van der Waals surface area contributed by atoms with Gasteiger partial charge in [0.25, 0.3) is 0 Å². The first-order valence-corrected chi connectivity index (χ1v) is 7.18. The Hall–Kier alpha value is -2.24. The largest absolute Gasteiger partial charge is 0.465 e. The number of hydrogen-bond acceptors (Lipinski definition) is 4. The molecular weight excluding hydrogens is 272 g/mol. The fraction of sp³-hybridized carbons (Fsp3) is 0.467. The molecule has 6 heteroatoms. The number of furan rings is 1. The fourth-order valence-corrected chi connectivity index (χ4v) is 2.78. The molecule has 2 fully saturated rings. The standard InChI is InChI=1S/C15H18N2O4/c18-14(4-3-13-2-1-10-20-13)16-7-5-12(6-8-16)17-9-11-21-15(17)19/h1-4,10,12H,5-9,11H2/b4-3+. The third kappa shape index (κ3) is 3.09. The highest BCUT2D eigenvalue weighted by Gasteiger charge is 2.32. The van der Waals surface area contributed by atoms with Crippen molar-refractivity contribution in [3.05, 3.63) is 30.2 Å². The number of cyclic esters (lactones) is 1. The second-order valence-corrected chi connectivity index (χ2v) is 5.21. The van der Waals surface area contributed by atoms with Crippen LogP contribution in [0.3, 0.4) is 0 Å². The van der Waals surface area contributed by atoms with Gasteiger partial charge in [0.2, 0.25) is 5.91 Å². The van der Waals surface area contributed by atoms with E-state index in [-0.39, 0.29) is 18.0 Å². The summed E-state index contributed by atoms with van der Waals surface area (Å²) in [4.78, 5) is 27.2. The highest BCUT2D eigenvalue weighted by molar-refractivity contribution is 5.91. The molecule has 3 rings (SSSR count). The van der Waals surface area contributed by atoms with Crippen molar-refractivity contribution in [2.24, 2.45) is 0 Å². The molecule has 2 saturated heterocycles. The fourth-order valence-electron chi connectivity index (χ4n) is 2.78. The summed E-state index contributed by atoms with van der Waals surface area (Å²) in [6.07, 6.45) is 6.16. The normalized spacial score (nSPS) is 20.3. The number of amides is 2. The van der Waals surface area contributed by atoms with E-state index in [1.54, 1.807) is 34.3 Å². The van der Waals surface area contributed by atoms with E-state index in [1.165, 1.54) is 6.08 Å². The van der Waals surface area contributed by atoms with Crippen LogP contribution in [0.4, 0.5) is 4.79 Å². The summed E-state index contributed by atoms with van der Waals surface area (Å²) in [6, 6.07) is 3.78. The van der Waals surface area contributed by atoms with Crippen LogP contribution in [-0.4, -0.2) is 54.1 Å². The molecule has 2 aliphatic rings. The molecule has 0 radical (unpaired) electrons. The van der Waals surface area contributed by atoms with Gasteiger partial charge in [0, 0.05) is 25.2 Å². The monoisotopic (exact) mass is 290 g/mol. The van der Waals surface area contributed by atoms with Gasteiger partial charge in [-0.05, 0) is 31.1 Å². The Kier molecular flexibility index (Phi) is 3.94. The lowest BCUT2D eigenvalue weighted by atomic mass is 10.0. The first-order chi connectivity index (χ1) is 10.2. The average Bonchev–Trinajstić information content (AvgIpc) is 3.16. The Morgan fingerprint density at radius 2 is 2.10 bits per heavy atom. The van der Waals surface area contributed by atoms with Gasteiger partial charge in [0.05, 0.1) is 12.8 Å². The molecule has 6 nitrogen and oxygen atoms in total. The van der Waals surface area contributed by atoms with Gasteiger partial charge < -0.3 is 19.0 Å². The summed E-state index contributed by atoms with van der Waals surface area (Å²) in [6.45, 7) is 2.46. The molecule has 0 atom stereocenters. The van der Waals surface area contributed by atoms with Crippen LogP contribution >= 0.6 is 0 Å². The minimum Gasteiger partial charge on any atom is -0.465 e. The summed E-state index contributed by atoms with van der Waals surface area (Å²) < 4.78 is 10.1. The van der Waals surface area contributed by atoms with Gasteiger partial charge in [-0.2, -0.15) is 0 Å². The van der Waals surface area contributed by atoms with E-state index in [2.05, 4.69) is 0 Å². The van der Waals surface area contributed by atoms with E-state index in [0.717, 1.165) is 12.8 Å². The van der Waals surface area contributed by atoms with Crippen LogP contribution in [0.25, 0.3) is 6.08 Å². The van der Waals surface area contributed by atoms with Crippen LogP contribution in [0, 0.1) is 0 Å². The van der Waals surface area contributed by atoms with Crippen molar-refractivity contribution < 1.29 is 18.7 Å². The third-order valence-corrected chi connectivity index (χ3v) is 3.94. The first-order valence-electron chi connectivity index (χ1n) is 7.18. The second kappa shape index (κ2) is 6.03. The topological polar surface area (TPSA) is 63.0 Å². The molecule has 21 heavy (non-hydrogen) atoms. The van der Waals surface area contributed by atoms with E-state index < -0.39 is 0 Å². The number of nitrogens with zero attached hydrogens (tertiary/aromatic N) is 2. The van der Waals surface area contributed by atoms with Crippen LogP contribution in [0.1, 0.15) is 18.6 Å². The smallest absolute Gasteiger partial charge is 0.410 e. The zero-order valence-electron chi connectivity index (χ0n) is 11.7. The van der Waals surface area contributed by atoms with Gasteiger partial charge in [-0.1, -0.05) is 0 Å². The highest BCUT2D eigenvalue weighted by Crippen LogP contribution is 2.20. The number of rotatable bonds is 3. The lowest BCUT2D eigenvalue weighted by molar-refractivity contribution is -0.127. The maximum Gasteiger partial charge on any atom is 0.410 e. The van der Waals surface area contributed by atoms with Gasteiger partial charge in [-0.3, -0.25) is 4.79 Å². The number of ether oxygens (including phenoxy) is 1. The molecule has 0 unspecified atom stereocenters. The van der Waals surface area contributed by atoms with Gasteiger partial charge in [0.15, 0.2) is 0 Å². The van der Waals surface area contributed by atoms with Gasteiger partial charge >= 0.3 is 6.09 Å². The molecule has 0 spiro atoms. The Balaban J connectivity index is 1.51. The highest BCUT2D eigenvalue weighted by atomic mass is 16.6. The number of piperidine rings is 1. The van der Waals surface area contributed by atoms with Gasteiger partial charge in [-0.15, -0.1) is 0 Å².